The van der Waals surface area contributed by atoms with Crippen LogP contribution in [0.25, 0.3) is 0 Å². The molecule has 1 aromatic rings. The van der Waals surface area contributed by atoms with E-state index in [1.165, 1.54) is 41.3 Å². The van der Waals surface area contributed by atoms with Gasteiger partial charge in [-0.05, 0) is 24.3 Å². The minimum Gasteiger partial charge on any atom is -0.478 e. The number of allylic oxidation sites excluding steroid dienone is 4. The lowest BCUT2D eigenvalue weighted by Crippen LogP contribution is -2.33. The number of imide groups is 1. The minimum atomic E-state index is -1.11. The maximum atomic E-state index is 12.4. The van der Waals surface area contributed by atoms with Gasteiger partial charge in [0.25, 0.3) is 5.91 Å². The van der Waals surface area contributed by atoms with Crippen molar-refractivity contribution in [2.45, 2.75) is 0 Å². The van der Waals surface area contributed by atoms with Crippen molar-refractivity contribution in [2.75, 3.05) is 18.0 Å². The second kappa shape index (κ2) is 7.36. The van der Waals surface area contributed by atoms with E-state index in [9.17, 15) is 18.8 Å². The second-order valence-corrected chi connectivity index (χ2v) is 4.96. The number of rotatable bonds is 6. The van der Waals surface area contributed by atoms with E-state index in [4.69, 9.17) is 5.11 Å². The van der Waals surface area contributed by atoms with Crippen LogP contribution in [0.2, 0.25) is 0 Å². The minimum absolute atomic E-state index is 0.0303. The number of carboxylic acids is 1. The van der Waals surface area contributed by atoms with Gasteiger partial charge in [0.1, 0.15) is 12.4 Å². The van der Waals surface area contributed by atoms with Crippen LogP contribution in [-0.4, -0.2) is 41.0 Å². The largest absolute Gasteiger partial charge is 0.478 e. The van der Waals surface area contributed by atoms with E-state index in [0.717, 1.165) is 11.0 Å². The smallest absolute Gasteiger partial charge is 0.335 e. The molecule has 7 heteroatoms. The fourth-order valence-electron chi connectivity index (χ4n) is 2.13. The summed E-state index contributed by atoms with van der Waals surface area (Å²) >= 11 is 0. The topological polar surface area (TPSA) is 77.9 Å². The van der Waals surface area contributed by atoms with E-state index in [1.54, 1.807) is 6.07 Å². The van der Waals surface area contributed by atoms with Gasteiger partial charge in [0, 0.05) is 12.2 Å². The number of carbonyl (C=O) groups is 3. The molecule has 0 aliphatic carbocycles. The Kier molecular flexibility index (Phi) is 5.26. The third kappa shape index (κ3) is 3.95. The highest BCUT2D eigenvalue weighted by Crippen LogP contribution is 2.22. The molecule has 24 heavy (non-hydrogen) atoms. The molecule has 0 saturated carbocycles. The summed E-state index contributed by atoms with van der Waals surface area (Å²) in [4.78, 5) is 37.5. The summed E-state index contributed by atoms with van der Waals surface area (Å²) in [6.45, 7) is 2.94. The van der Waals surface area contributed by atoms with Crippen LogP contribution in [-0.2, 0) is 4.79 Å². The SMILES string of the molecule is C=C(F)/C=C\C=C/CN1C(=O)CN(c2cccc(C(=O)O)c2)C1=O. The highest BCUT2D eigenvalue weighted by atomic mass is 19.1. The van der Waals surface area contributed by atoms with Crippen molar-refractivity contribution in [3.8, 4) is 0 Å². The number of anilines is 1. The number of hydrogen-bond acceptors (Lipinski definition) is 3. The third-order valence-corrected chi connectivity index (χ3v) is 3.27. The first-order chi connectivity index (χ1) is 11.4. The molecule has 1 heterocycles. The molecule has 0 radical (unpaired) electrons. The van der Waals surface area contributed by atoms with E-state index < -0.39 is 23.7 Å². The van der Waals surface area contributed by atoms with Gasteiger partial charge in [-0.3, -0.25) is 14.6 Å². The Hall–Kier alpha value is -3.22. The molecule has 0 spiro atoms. The number of halogens is 1. The van der Waals surface area contributed by atoms with E-state index in [1.807, 2.05) is 0 Å². The number of urea groups is 1. The van der Waals surface area contributed by atoms with Crippen LogP contribution >= 0.6 is 0 Å². The summed E-state index contributed by atoms with van der Waals surface area (Å²) in [5.41, 5.74) is 0.371. The average molecular weight is 330 g/mol. The fourth-order valence-corrected chi connectivity index (χ4v) is 2.13. The highest BCUT2D eigenvalue weighted by Gasteiger charge is 2.36. The summed E-state index contributed by atoms with van der Waals surface area (Å²) in [7, 11) is 0. The molecule has 124 valence electrons. The van der Waals surface area contributed by atoms with Gasteiger partial charge >= 0.3 is 12.0 Å². The molecule has 1 fully saturated rings. The van der Waals surface area contributed by atoms with Crippen molar-refractivity contribution in [1.29, 1.82) is 0 Å². The molecule has 6 nitrogen and oxygen atoms in total. The molecule has 1 aromatic carbocycles. The maximum Gasteiger partial charge on any atom is 0.335 e. The Balaban J connectivity index is 2.10. The van der Waals surface area contributed by atoms with E-state index in [2.05, 4.69) is 6.58 Å². The molecule has 0 aromatic heterocycles. The first-order valence-electron chi connectivity index (χ1n) is 7.03. The normalized spacial score (nSPS) is 15.0. The van der Waals surface area contributed by atoms with Crippen LogP contribution in [0.5, 0.6) is 0 Å². The summed E-state index contributed by atoms with van der Waals surface area (Å²) in [5, 5.41) is 9.00. The van der Waals surface area contributed by atoms with Crippen LogP contribution in [0.4, 0.5) is 14.9 Å². The number of amides is 3. The molecule has 1 aliphatic heterocycles. The van der Waals surface area contributed by atoms with Gasteiger partial charge in [0.05, 0.1) is 5.56 Å². The van der Waals surface area contributed by atoms with Crippen molar-refractivity contribution in [3.63, 3.8) is 0 Å². The van der Waals surface area contributed by atoms with E-state index in [-0.39, 0.29) is 18.7 Å². The number of carboxylic acid groups (broad SMARTS) is 1. The summed E-state index contributed by atoms with van der Waals surface area (Å²) in [6.07, 6.45) is 5.58. The molecule has 1 N–H and O–H groups in total. The van der Waals surface area contributed by atoms with Crippen molar-refractivity contribution in [1.82, 2.24) is 4.90 Å². The van der Waals surface area contributed by atoms with Crippen molar-refractivity contribution < 1.29 is 23.9 Å². The summed E-state index contributed by atoms with van der Waals surface area (Å²) < 4.78 is 12.4. The van der Waals surface area contributed by atoms with Gasteiger partial charge < -0.3 is 5.11 Å². The molecular formula is C17H15FN2O4. The number of carbonyl (C=O) groups excluding carboxylic acids is 2. The van der Waals surface area contributed by atoms with Gasteiger partial charge in [-0.25, -0.2) is 14.0 Å². The number of hydrogen-bond donors (Lipinski definition) is 1. The Labute approximate surface area is 137 Å². The van der Waals surface area contributed by atoms with Gasteiger partial charge in [0.2, 0.25) is 0 Å². The first kappa shape index (κ1) is 17.1. The molecule has 0 unspecified atom stereocenters. The molecule has 1 aliphatic rings. The zero-order valence-corrected chi connectivity index (χ0v) is 12.7. The molecule has 1 saturated heterocycles. The van der Waals surface area contributed by atoms with Crippen LogP contribution in [0.1, 0.15) is 10.4 Å². The predicted molar refractivity (Wildman–Crippen MR) is 86.4 cm³/mol. The van der Waals surface area contributed by atoms with Gasteiger partial charge in [-0.2, -0.15) is 0 Å². The van der Waals surface area contributed by atoms with Gasteiger partial charge in [-0.15, -0.1) is 0 Å². The second-order valence-electron chi connectivity index (χ2n) is 4.96. The Bertz CT molecular complexity index is 755. The number of aromatic carboxylic acids is 1. The predicted octanol–water partition coefficient (Wildman–Crippen LogP) is 2.75. The molecule has 0 bridgehead atoms. The van der Waals surface area contributed by atoms with Crippen LogP contribution in [0.3, 0.4) is 0 Å². The van der Waals surface area contributed by atoms with Crippen molar-refractivity contribution >= 4 is 23.6 Å². The quantitative estimate of drug-likeness (QED) is 0.642. The van der Waals surface area contributed by atoms with Crippen LogP contribution in [0.15, 0.2) is 61.0 Å². The zero-order valence-electron chi connectivity index (χ0n) is 12.7. The monoisotopic (exact) mass is 330 g/mol. The highest BCUT2D eigenvalue weighted by molar-refractivity contribution is 6.12. The van der Waals surface area contributed by atoms with Crippen LogP contribution in [0, 0.1) is 0 Å². The molecule has 3 amide bonds. The lowest BCUT2D eigenvalue weighted by Gasteiger charge is -2.16. The lowest BCUT2D eigenvalue weighted by atomic mass is 10.2. The number of benzene rings is 1. The Morgan fingerprint density at radius 2 is 2.08 bits per heavy atom. The summed E-state index contributed by atoms with van der Waals surface area (Å²) in [6, 6.07) is 5.27. The lowest BCUT2D eigenvalue weighted by molar-refractivity contribution is -0.124. The third-order valence-electron chi connectivity index (χ3n) is 3.27. The van der Waals surface area contributed by atoms with Crippen molar-refractivity contribution in [2.24, 2.45) is 0 Å². The molecule has 0 atom stereocenters. The first-order valence-corrected chi connectivity index (χ1v) is 7.03. The Morgan fingerprint density at radius 1 is 1.33 bits per heavy atom. The van der Waals surface area contributed by atoms with E-state index >= 15 is 0 Å². The number of nitrogens with zero attached hydrogens (tertiary/aromatic N) is 2. The van der Waals surface area contributed by atoms with E-state index in [0.29, 0.717) is 5.69 Å². The molecule has 2 rings (SSSR count). The zero-order chi connectivity index (χ0) is 17.7. The standard InChI is InChI=1S/C17H15FN2O4/c1-12(18)6-3-2-4-9-19-15(21)11-20(17(19)24)14-8-5-7-13(10-14)16(22)23/h2-8,10H,1,9,11H2,(H,22,23)/b4-2-,6-3-. The van der Waals surface area contributed by atoms with Crippen LogP contribution < -0.4 is 4.90 Å². The molecular weight excluding hydrogens is 315 g/mol. The fraction of sp³-hybridized carbons (Fsp3) is 0.118. The van der Waals surface area contributed by atoms with Gasteiger partial charge in [0.15, 0.2) is 0 Å². The summed E-state index contributed by atoms with van der Waals surface area (Å²) in [5.74, 6) is -2.11. The van der Waals surface area contributed by atoms with Gasteiger partial charge in [-0.1, -0.05) is 30.9 Å². The van der Waals surface area contributed by atoms with Crippen molar-refractivity contribution in [3.05, 3.63) is 66.5 Å². The maximum absolute atomic E-state index is 12.4. The Morgan fingerprint density at radius 3 is 2.75 bits per heavy atom. The average Bonchev–Trinajstić information content (AvgIpc) is 2.82.